The molecule has 0 aliphatic carbocycles. The van der Waals surface area contributed by atoms with Crippen molar-refractivity contribution < 1.29 is 19.5 Å². The molecule has 0 aromatic heterocycles. The van der Waals surface area contributed by atoms with Gasteiger partial charge in [-0.3, -0.25) is 4.79 Å². The molecule has 0 saturated heterocycles. The number of urea groups is 1. The molecule has 0 saturated carbocycles. The van der Waals surface area contributed by atoms with E-state index >= 15 is 0 Å². The molecule has 4 N–H and O–H groups in total. The predicted molar refractivity (Wildman–Crippen MR) is 76.7 cm³/mol. The van der Waals surface area contributed by atoms with Gasteiger partial charge in [0.05, 0.1) is 5.56 Å². The van der Waals surface area contributed by atoms with Gasteiger partial charge in [0.15, 0.2) is 0 Å². The summed E-state index contributed by atoms with van der Waals surface area (Å²) in [6.45, 7) is 3.31. The number of amides is 3. The molecule has 1 rings (SSSR count). The summed E-state index contributed by atoms with van der Waals surface area (Å²) in [6, 6.07) is 5.76. The Morgan fingerprint density at radius 3 is 2.19 bits per heavy atom. The van der Waals surface area contributed by atoms with Crippen LogP contribution in [0.3, 0.4) is 0 Å². The van der Waals surface area contributed by atoms with Gasteiger partial charge in [0, 0.05) is 13.6 Å². The summed E-state index contributed by atoms with van der Waals surface area (Å²) in [4.78, 5) is 35.2. The average Bonchev–Trinajstić information content (AvgIpc) is 2.38. The van der Waals surface area contributed by atoms with Gasteiger partial charge in [0.2, 0.25) is 5.91 Å². The van der Waals surface area contributed by atoms with Crippen LogP contribution in [-0.2, 0) is 11.3 Å². The largest absolute Gasteiger partial charge is 0.478 e. The molecule has 1 aromatic rings. The number of benzene rings is 1. The molecular formula is C14H19N3O4. The van der Waals surface area contributed by atoms with Gasteiger partial charge < -0.3 is 21.1 Å². The second kappa shape index (κ2) is 6.25. The zero-order valence-corrected chi connectivity index (χ0v) is 12.2. The Labute approximate surface area is 122 Å². The van der Waals surface area contributed by atoms with Gasteiger partial charge in [-0.1, -0.05) is 12.1 Å². The molecule has 0 spiro atoms. The number of carboxylic acid groups (broad SMARTS) is 1. The van der Waals surface area contributed by atoms with Crippen LogP contribution < -0.4 is 11.1 Å². The Hall–Kier alpha value is -2.57. The van der Waals surface area contributed by atoms with E-state index in [-0.39, 0.29) is 12.1 Å². The Kier molecular flexibility index (Phi) is 4.91. The van der Waals surface area contributed by atoms with Crippen LogP contribution in [0.4, 0.5) is 4.79 Å². The maximum absolute atomic E-state index is 12.0. The topological polar surface area (TPSA) is 113 Å². The summed E-state index contributed by atoms with van der Waals surface area (Å²) in [6.07, 6.45) is 0. The number of primary amides is 1. The van der Waals surface area contributed by atoms with Gasteiger partial charge in [-0.05, 0) is 31.5 Å². The van der Waals surface area contributed by atoms with Gasteiger partial charge in [-0.25, -0.2) is 9.59 Å². The van der Waals surface area contributed by atoms with Crippen LogP contribution in [0, 0.1) is 0 Å². The van der Waals surface area contributed by atoms with E-state index in [1.54, 1.807) is 19.2 Å². The highest BCUT2D eigenvalue weighted by Gasteiger charge is 2.28. The predicted octanol–water partition coefficient (Wildman–Crippen LogP) is 0.790. The number of hydrogen-bond acceptors (Lipinski definition) is 3. The minimum absolute atomic E-state index is 0.181. The fourth-order valence-corrected chi connectivity index (χ4v) is 1.52. The number of nitrogens with one attached hydrogen (secondary N) is 1. The smallest absolute Gasteiger partial charge is 0.335 e. The van der Waals surface area contributed by atoms with Gasteiger partial charge in [-0.15, -0.1) is 0 Å². The molecule has 0 aliphatic heterocycles. The van der Waals surface area contributed by atoms with Crippen LogP contribution >= 0.6 is 0 Å². The summed E-state index contributed by atoms with van der Waals surface area (Å²) < 4.78 is 0. The van der Waals surface area contributed by atoms with Crippen LogP contribution in [0.25, 0.3) is 0 Å². The van der Waals surface area contributed by atoms with E-state index in [1.165, 1.54) is 30.9 Å². The Morgan fingerprint density at radius 1 is 1.24 bits per heavy atom. The zero-order chi connectivity index (χ0) is 16.2. The Bertz CT molecular complexity index is 552. The lowest BCUT2D eigenvalue weighted by molar-refractivity contribution is -0.122. The number of nitrogens with zero attached hydrogens (tertiary/aromatic N) is 1. The first kappa shape index (κ1) is 16.5. The number of carbonyl (C=O) groups is 3. The number of rotatable bonds is 5. The lowest BCUT2D eigenvalue weighted by atomic mass is 10.1. The molecule has 0 fully saturated rings. The van der Waals surface area contributed by atoms with Crippen LogP contribution in [0.15, 0.2) is 24.3 Å². The Morgan fingerprint density at radius 2 is 1.76 bits per heavy atom. The van der Waals surface area contributed by atoms with Gasteiger partial charge >= 0.3 is 12.0 Å². The quantitative estimate of drug-likeness (QED) is 0.744. The monoisotopic (exact) mass is 293 g/mol. The van der Waals surface area contributed by atoms with Crippen LogP contribution in [0.1, 0.15) is 29.8 Å². The van der Waals surface area contributed by atoms with E-state index in [1.807, 2.05) is 0 Å². The molecule has 0 atom stereocenters. The third kappa shape index (κ3) is 4.48. The van der Waals surface area contributed by atoms with E-state index in [2.05, 4.69) is 5.32 Å². The maximum Gasteiger partial charge on any atom is 0.335 e. The molecule has 7 heteroatoms. The fourth-order valence-electron chi connectivity index (χ4n) is 1.52. The van der Waals surface area contributed by atoms with Crippen molar-refractivity contribution in [2.45, 2.75) is 25.9 Å². The molecule has 1 aromatic carbocycles. The second-order valence-electron chi connectivity index (χ2n) is 5.28. The molecule has 0 aliphatic rings. The number of hydrogen-bond donors (Lipinski definition) is 3. The van der Waals surface area contributed by atoms with Crippen molar-refractivity contribution in [3.8, 4) is 0 Å². The van der Waals surface area contributed by atoms with E-state index < -0.39 is 23.4 Å². The first-order valence-corrected chi connectivity index (χ1v) is 6.29. The van der Waals surface area contributed by atoms with Crippen molar-refractivity contribution in [2.24, 2.45) is 5.73 Å². The average molecular weight is 293 g/mol. The van der Waals surface area contributed by atoms with Crippen molar-refractivity contribution in [2.75, 3.05) is 7.05 Å². The molecule has 0 unspecified atom stereocenters. The summed E-state index contributed by atoms with van der Waals surface area (Å²) in [7, 11) is 1.57. The van der Waals surface area contributed by atoms with E-state index in [4.69, 9.17) is 10.8 Å². The zero-order valence-electron chi connectivity index (χ0n) is 12.2. The van der Waals surface area contributed by atoms with E-state index in [0.717, 1.165) is 5.56 Å². The third-order valence-electron chi connectivity index (χ3n) is 3.00. The molecular weight excluding hydrogens is 274 g/mol. The normalized spacial score (nSPS) is 10.8. The molecule has 0 bridgehead atoms. The van der Waals surface area contributed by atoms with Gasteiger partial charge in [0.1, 0.15) is 5.54 Å². The Balaban J connectivity index is 2.68. The number of aromatic carboxylic acids is 1. The summed E-state index contributed by atoms with van der Waals surface area (Å²) in [5.74, 6) is -1.63. The SMILES string of the molecule is CN(Cc1ccc(C(=O)O)cc1)C(=O)NC(C)(C)C(N)=O. The number of nitrogens with two attached hydrogens (primary N) is 1. The van der Waals surface area contributed by atoms with Crippen molar-refractivity contribution in [1.82, 2.24) is 10.2 Å². The first-order chi connectivity index (χ1) is 9.63. The molecule has 21 heavy (non-hydrogen) atoms. The van der Waals surface area contributed by atoms with Gasteiger partial charge in [-0.2, -0.15) is 0 Å². The van der Waals surface area contributed by atoms with Crippen molar-refractivity contribution in [3.05, 3.63) is 35.4 Å². The van der Waals surface area contributed by atoms with E-state index in [9.17, 15) is 14.4 Å². The molecule has 3 amide bonds. The second-order valence-corrected chi connectivity index (χ2v) is 5.28. The van der Waals surface area contributed by atoms with Crippen molar-refractivity contribution in [3.63, 3.8) is 0 Å². The lowest BCUT2D eigenvalue weighted by Crippen LogP contribution is -2.55. The van der Waals surface area contributed by atoms with E-state index in [0.29, 0.717) is 0 Å². The fraction of sp³-hybridized carbons (Fsp3) is 0.357. The molecule has 0 radical (unpaired) electrons. The number of carboxylic acids is 1. The highest BCUT2D eigenvalue weighted by Crippen LogP contribution is 2.08. The van der Waals surface area contributed by atoms with Crippen molar-refractivity contribution in [1.29, 1.82) is 0 Å². The van der Waals surface area contributed by atoms with Crippen LogP contribution in [0.5, 0.6) is 0 Å². The number of carbonyl (C=O) groups excluding carboxylic acids is 2. The van der Waals surface area contributed by atoms with Crippen LogP contribution in [-0.4, -0.2) is 40.5 Å². The summed E-state index contributed by atoms with van der Waals surface area (Å²) in [5, 5.41) is 11.3. The maximum atomic E-state index is 12.0. The molecule has 7 nitrogen and oxygen atoms in total. The minimum atomic E-state index is -1.14. The summed E-state index contributed by atoms with van der Waals surface area (Å²) >= 11 is 0. The van der Waals surface area contributed by atoms with Crippen molar-refractivity contribution >= 4 is 17.9 Å². The lowest BCUT2D eigenvalue weighted by Gasteiger charge is -2.26. The minimum Gasteiger partial charge on any atom is -0.478 e. The highest BCUT2D eigenvalue weighted by atomic mass is 16.4. The molecule has 0 heterocycles. The third-order valence-corrected chi connectivity index (χ3v) is 3.00. The molecule has 114 valence electrons. The standard InChI is InChI=1S/C14H19N3O4/c1-14(2,12(15)20)16-13(21)17(3)8-9-4-6-10(7-5-9)11(18)19/h4-7H,8H2,1-3H3,(H2,15,20)(H,16,21)(H,18,19). The van der Waals surface area contributed by atoms with Gasteiger partial charge in [0.25, 0.3) is 0 Å². The highest BCUT2D eigenvalue weighted by molar-refractivity contribution is 5.89. The first-order valence-electron chi connectivity index (χ1n) is 6.29. The summed E-state index contributed by atoms with van der Waals surface area (Å²) in [5.41, 5.74) is 5.00. The van der Waals surface area contributed by atoms with Crippen LogP contribution in [0.2, 0.25) is 0 Å².